The molecule has 0 saturated heterocycles. The first-order chi connectivity index (χ1) is 3.27. The highest BCUT2D eigenvalue weighted by Crippen LogP contribution is 1.91. The van der Waals surface area contributed by atoms with Gasteiger partial charge in [-0.25, -0.2) is 0 Å². The maximum Gasteiger partial charge on any atom is 0.0895 e. The fourth-order valence-electron chi connectivity index (χ4n) is 0.399. The molecule has 0 bridgehead atoms. The molecule has 0 rings (SSSR count). The number of alkyl halides is 1. The topological polar surface area (TPSA) is 26.0 Å². The zero-order chi connectivity index (χ0) is 5.70. The lowest BCUT2D eigenvalue weighted by atomic mass is 10.2. The summed E-state index contributed by atoms with van der Waals surface area (Å²) in [7, 11) is 0. The maximum atomic E-state index is 11.3. The normalized spacial score (nSPS) is 14.1. The van der Waals surface area contributed by atoms with Crippen LogP contribution in [0.4, 0.5) is 4.39 Å². The molecule has 1 atom stereocenters. The van der Waals surface area contributed by atoms with Crippen molar-refractivity contribution in [1.82, 2.24) is 0 Å². The lowest BCUT2D eigenvalue weighted by Gasteiger charge is -1.98. The molecule has 0 aromatic heterocycles. The van der Waals surface area contributed by atoms with Crippen LogP contribution < -0.4 is 5.73 Å². The lowest BCUT2D eigenvalue weighted by molar-refractivity contribution is 0.447. The van der Waals surface area contributed by atoms with E-state index in [2.05, 4.69) is 0 Å². The van der Waals surface area contributed by atoms with Crippen molar-refractivity contribution in [3.8, 4) is 0 Å². The Labute approximate surface area is 43.7 Å². The molecular formula is C5H12FN. The number of halogens is 1. The van der Waals surface area contributed by atoms with Crippen LogP contribution in [0.5, 0.6) is 0 Å². The predicted molar refractivity (Wildman–Crippen MR) is 28.9 cm³/mol. The molecule has 0 spiro atoms. The predicted octanol–water partition coefficient (Wildman–Crippen LogP) is 1.08. The van der Waals surface area contributed by atoms with Crippen molar-refractivity contribution in [2.45, 2.75) is 25.8 Å². The minimum Gasteiger partial charge on any atom is -0.328 e. The van der Waals surface area contributed by atoms with Crippen molar-refractivity contribution in [2.24, 2.45) is 5.73 Å². The van der Waals surface area contributed by atoms with Crippen LogP contribution in [-0.2, 0) is 0 Å². The smallest absolute Gasteiger partial charge is 0.0895 e. The molecule has 0 fully saturated rings. The van der Waals surface area contributed by atoms with E-state index in [-0.39, 0.29) is 12.7 Å². The van der Waals surface area contributed by atoms with Crippen molar-refractivity contribution in [3.05, 3.63) is 0 Å². The van der Waals surface area contributed by atoms with Gasteiger partial charge in [-0.3, -0.25) is 4.39 Å². The first kappa shape index (κ1) is 6.89. The first-order valence-corrected chi connectivity index (χ1v) is 2.59. The molecule has 0 aliphatic carbocycles. The van der Waals surface area contributed by atoms with Crippen LogP contribution in [0.25, 0.3) is 0 Å². The quantitative estimate of drug-likeness (QED) is 0.571. The average molecular weight is 105 g/mol. The summed E-state index contributed by atoms with van der Waals surface area (Å²) in [5.74, 6) is 0. The van der Waals surface area contributed by atoms with Gasteiger partial charge in [0.05, 0.1) is 6.67 Å². The number of hydrogen-bond donors (Lipinski definition) is 1. The monoisotopic (exact) mass is 105 g/mol. The van der Waals surface area contributed by atoms with Gasteiger partial charge in [0.25, 0.3) is 0 Å². The van der Waals surface area contributed by atoms with Crippen LogP contribution >= 0.6 is 0 Å². The van der Waals surface area contributed by atoms with E-state index in [1.54, 1.807) is 0 Å². The molecule has 0 aromatic rings. The van der Waals surface area contributed by atoms with E-state index in [4.69, 9.17) is 5.73 Å². The largest absolute Gasteiger partial charge is 0.328 e. The molecule has 1 nitrogen and oxygen atoms in total. The van der Waals surface area contributed by atoms with Gasteiger partial charge in [-0.2, -0.15) is 0 Å². The molecule has 0 heterocycles. The zero-order valence-electron chi connectivity index (χ0n) is 4.65. The third-order valence-corrected chi connectivity index (χ3v) is 0.793. The summed E-state index contributed by atoms with van der Waals surface area (Å²) in [6, 6.07) is 0.163. The summed E-state index contributed by atoms with van der Waals surface area (Å²) < 4.78 is 11.3. The van der Waals surface area contributed by atoms with E-state index < -0.39 is 0 Å². The molecule has 7 heavy (non-hydrogen) atoms. The fourth-order valence-corrected chi connectivity index (χ4v) is 0.399. The van der Waals surface area contributed by atoms with E-state index in [0.29, 0.717) is 6.42 Å². The Hall–Kier alpha value is -0.110. The molecule has 0 amide bonds. The summed E-state index contributed by atoms with van der Waals surface area (Å²) in [5.41, 5.74) is 5.31. The Bertz CT molecular complexity index is 37.1. The maximum absolute atomic E-state index is 11.3. The molecule has 2 N–H and O–H groups in total. The van der Waals surface area contributed by atoms with Crippen LogP contribution in [0.3, 0.4) is 0 Å². The Morgan fingerprint density at radius 1 is 1.71 bits per heavy atom. The minimum absolute atomic E-state index is 0.163. The summed E-state index contributed by atoms with van der Waals surface area (Å²) >= 11 is 0. The second-order valence-electron chi connectivity index (χ2n) is 1.81. The molecule has 0 unspecified atom stereocenters. The highest BCUT2D eigenvalue weighted by atomic mass is 19.1. The molecule has 0 aromatic carbocycles. The number of hydrogen-bond acceptors (Lipinski definition) is 1. The van der Waals surface area contributed by atoms with Gasteiger partial charge in [-0.1, -0.05) is 0 Å². The van der Waals surface area contributed by atoms with E-state index >= 15 is 0 Å². The Balaban J connectivity index is 2.68. The van der Waals surface area contributed by atoms with Crippen LogP contribution in [0.1, 0.15) is 19.8 Å². The molecule has 2 heteroatoms. The highest BCUT2D eigenvalue weighted by molar-refractivity contribution is 4.50. The van der Waals surface area contributed by atoms with Gasteiger partial charge in [0.2, 0.25) is 0 Å². The van der Waals surface area contributed by atoms with Gasteiger partial charge >= 0.3 is 0 Å². The minimum atomic E-state index is -0.235. The summed E-state index contributed by atoms with van der Waals surface area (Å²) in [5, 5.41) is 0. The third-order valence-electron chi connectivity index (χ3n) is 0.793. The number of rotatable bonds is 3. The molecule has 0 aliphatic heterocycles. The van der Waals surface area contributed by atoms with Gasteiger partial charge in [0.1, 0.15) is 0 Å². The van der Waals surface area contributed by atoms with Gasteiger partial charge in [0.15, 0.2) is 0 Å². The standard InChI is InChI=1S/C5H12FN/c1-5(7)3-2-4-6/h5H,2-4,7H2,1H3/t5-/m0/s1. The molecular weight excluding hydrogens is 93.1 g/mol. The Kier molecular flexibility index (Phi) is 4.00. The summed E-state index contributed by atoms with van der Waals surface area (Å²) in [6.45, 7) is 1.65. The van der Waals surface area contributed by atoms with Gasteiger partial charge < -0.3 is 5.73 Å². The highest BCUT2D eigenvalue weighted by Gasteiger charge is 1.90. The zero-order valence-corrected chi connectivity index (χ0v) is 4.65. The Morgan fingerprint density at radius 2 is 2.29 bits per heavy atom. The van der Waals surface area contributed by atoms with Crippen LogP contribution in [0.15, 0.2) is 0 Å². The van der Waals surface area contributed by atoms with Gasteiger partial charge in [-0.15, -0.1) is 0 Å². The second kappa shape index (κ2) is 4.06. The lowest BCUT2D eigenvalue weighted by Crippen LogP contribution is -2.14. The number of nitrogens with two attached hydrogens (primary N) is 1. The van der Waals surface area contributed by atoms with E-state index in [9.17, 15) is 4.39 Å². The SMILES string of the molecule is C[C@H](N)CCCF. The van der Waals surface area contributed by atoms with Crippen molar-refractivity contribution >= 4 is 0 Å². The van der Waals surface area contributed by atoms with E-state index in [1.165, 1.54) is 0 Å². The fraction of sp³-hybridized carbons (Fsp3) is 1.00. The summed E-state index contributed by atoms with van der Waals surface area (Å²) in [4.78, 5) is 0. The Morgan fingerprint density at radius 3 is 2.43 bits per heavy atom. The third kappa shape index (κ3) is 5.89. The summed E-state index contributed by atoms with van der Waals surface area (Å²) in [6.07, 6.45) is 1.41. The van der Waals surface area contributed by atoms with Crippen molar-refractivity contribution in [3.63, 3.8) is 0 Å². The average Bonchev–Trinajstić information content (AvgIpc) is 1.61. The van der Waals surface area contributed by atoms with Crippen LogP contribution in [-0.4, -0.2) is 12.7 Å². The van der Waals surface area contributed by atoms with Gasteiger partial charge in [-0.05, 0) is 19.8 Å². The van der Waals surface area contributed by atoms with Crippen LogP contribution in [0, 0.1) is 0 Å². The van der Waals surface area contributed by atoms with Crippen molar-refractivity contribution < 1.29 is 4.39 Å². The van der Waals surface area contributed by atoms with Crippen molar-refractivity contribution in [1.29, 1.82) is 0 Å². The molecule has 0 saturated carbocycles. The van der Waals surface area contributed by atoms with Gasteiger partial charge in [0, 0.05) is 6.04 Å². The van der Waals surface area contributed by atoms with E-state index in [0.717, 1.165) is 6.42 Å². The molecule has 0 radical (unpaired) electrons. The molecule has 44 valence electrons. The first-order valence-electron chi connectivity index (χ1n) is 2.59. The second-order valence-corrected chi connectivity index (χ2v) is 1.81. The van der Waals surface area contributed by atoms with Crippen molar-refractivity contribution in [2.75, 3.05) is 6.67 Å². The van der Waals surface area contributed by atoms with Crippen LogP contribution in [0.2, 0.25) is 0 Å². The molecule has 0 aliphatic rings. The van der Waals surface area contributed by atoms with E-state index in [1.807, 2.05) is 6.92 Å².